The van der Waals surface area contributed by atoms with E-state index in [-0.39, 0.29) is 5.91 Å². The summed E-state index contributed by atoms with van der Waals surface area (Å²) in [4.78, 5) is 25.7. The summed E-state index contributed by atoms with van der Waals surface area (Å²) in [5.41, 5.74) is 0.867. The van der Waals surface area contributed by atoms with Gasteiger partial charge in [0.15, 0.2) is 11.7 Å². The standard InChI is InChI=1S/C16H16N2O2/c17-12-14(16(20)18-10-4-5-11-18)15(19)9-8-13-6-2-1-3-7-13/h1-3,6-9,14H,4-5,10-11H2/b9-8+. The van der Waals surface area contributed by atoms with Crippen LogP contribution in [0, 0.1) is 17.2 Å². The lowest BCUT2D eigenvalue weighted by molar-refractivity contribution is -0.136. The molecule has 1 saturated heterocycles. The maximum absolute atomic E-state index is 12.1. The van der Waals surface area contributed by atoms with E-state index in [1.165, 1.54) is 6.08 Å². The first-order valence-corrected chi connectivity index (χ1v) is 6.68. The minimum absolute atomic E-state index is 0.368. The Morgan fingerprint density at radius 3 is 2.45 bits per heavy atom. The van der Waals surface area contributed by atoms with Crippen LogP contribution < -0.4 is 0 Å². The fourth-order valence-electron chi connectivity index (χ4n) is 2.20. The molecule has 4 heteroatoms. The summed E-state index contributed by atoms with van der Waals surface area (Å²) in [7, 11) is 0. The Kier molecular flexibility index (Phi) is 4.67. The normalized spacial score (nSPS) is 16.1. The number of carbonyl (C=O) groups is 2. The molecule has 0 aromatic heterocycles. The monoisotopic (exact) mass is 268 g/mol. The lowest BCUT2D eigenvalue weighted by Crippen LogP contribution is -2.36. The molecule has 0 radical (unpaired) electrons. The van der Waals surface area contributed by atoms with Gasteiger partial charge in [-0.1, -0.05) is 36.4 Å². The lowest BCUT2D eigenvalue weighted by Gasteiger charge is -2.16. The zero-order chi connectivity index (χ0) is 14.4. The van der Waals surface area contributed by atoms with Crippen LogP contribution in [0.4, 0.5) is 0 Å². The molecule has 0 bridgehead atoms. The molecule has 0 spiro atoms. The van der Waals surface area contributed by atoms with Crippen molar-refractivity contribution in [2.24, 2.45) is 5.92 Å². The third-order valence-electron chi connectivity index (χ3n) is 3.32. The largest absolute Gasteiger partial charge is 0.341 e. The smallest absolute Gasteiger partial charge is 0.247 e. The van der Waals surface area contributed by atoms with E-state index in [0.29, 0.717) is 13.1 Å². The van der Waals surface area contributed by atoms with E-state index in [1.54, 1.807) is 11.0 Å². The van der Waals surface area contributed by atoms with E-state index in [1.807, 2.05) is 36.4 Å². The number of hydrogen-bond acceptors (Lipinski definition) is 3. The van der Waals surface area contributed by atoms with Crippen molar-refractivity contribution in [3.63, 3.8) is 0 Å². The SMILES string of the molecule is N#CC(C(=O)/C=C/c1ccccc1)C(=O)N1CCCC1. The highest BCUT2D eigenvalue weighted by molar-refractivity contribution is 6.10. The summed E-state index contributed by atoms with van der Waals surface area (Å²) >= 11 is 0. The van der Waals surface area contributed by atoms with E-state index in [0.717, 1.165) is 18.4 Å². The third kappa shape index (κ3) is 3.33. The molecular weight excluding hydrogens is 252 g/mol. The van der Waals surface area contributed by atoms with Crippen LogP contribution >= 0.6 is 0 Å². The van der Waals surface area contributed by atoms with Gasteiger partial charge in [-0.2, -0.15) is 5.26 Å². The number of ketones is 1. The molecule has 1 unspecified atom stereocenters. The maximum atomic E-state index is 12.1. The zero-order valence-electron chi connectivity index (χ0n) is 11.2. The maximum Gasteiger partial charge on any atom is 0.247 e. The Morgan fingerprint density at radius 2 is 1.85 bits per heavy atom. The molecule has 1 atom stereocenters. The van der Waals surface area contributed by atoms with Crippen LogP contribution in [0.15, 0.2) is 36.4 Å². The Labute approximate surface area is 118 Å². The first-order chi connectivity index (χ1) is 9.72. The third-order valence-corrected chi connectivity index (χ3v) is 3.32. The second-order valence-electron chi connectivity index (χ2n) is 4.74. The Balaban J connectivity index is 2.04. The van der Waals surface area contributed by atoms with Crippen LogP contribution in [0.3, 0.4) is 0 Å². The van der Waals surface area contributed by atoms with Crippen molar-refractivity contribution in [3.8, 4) is 6.07 Å². The molecule has 20 heavy (non-hydrogen) atoms. The van der Waals surface area contributed by atoms with Crippen molar-refractivity contribution in [1.82, 2.24) is 4.90 Å². The second kappa shape index (κ2) is 6.67. The molecular formula is C16H16N2O2. The van der Waals surface area contributed by atoms with Crippen molar-refractivity contribution in [2.75, 3.05) is 13.1 Å². The topological polar surface area (TPSA) is 61.2 Å². The van der Waals surface area contributed by atoms with Gasteiger partial charge in [0.2, 0.25) is 5.91 Å². The van der Waals surface area contributed by atoms with Gasteiger partial charge in [0.1, 0.15) is 0 Å². The molecule has 2 rings (SSSR count). The molecule has 4 nitrogen and oxygen atoms in total. The molecule has 1 amide bonds. The molecule has 102 valence electrons. The quantitative estimate of drug-likeness (QED) is 0.620. The first-order valence-electron chi connectivity index (χ1n) is 6.68. The van der Waals surface area contributed by atoms with Crippen molar-refractivity contribution in [1.29, 1.82) is 5.26 Å². The summed E-state index contributed by atoms with van der Waals surface area (Å²) in [6, 6.07) is 11.1. The number of nitrogens with zero attached hydrogens (tertiary/aromatic N) is 2. The van der Waals surface area contributed by atoms with Crippen LogP contribution in [0.25, 0.3) is 6.08 Å². The minimum atomic E-state index is -1.21. The number of allylic oxidation sites excluding steroid dienone is 1. The molecule has 0 saturated carbocycles. The molecule has 0 N–H and O–H groups in total. The lowest BCUT2D eigenvalue weighted by atomic mass is 10.0. The Morgan fingerprint density at radius 1 is 1.20 bits per heavy atom. The first kappa shape index (κ1) is 14.0. The van der Waals surface area contributed by atoms with E-state index < -0.39 is 11.7 Å². The number of amides is 1. The van der Waals surface area contributed by atoms with Gasteiger partial charge in [0.05, 0.1) is 6.07 Å². The van der Waals surface area contributed by atoms with Gasteiger partial charge in [-0.3, -0.25) is 9.59 Å². The van der Waals surface area contributed by atoms with E-state index >= 15 is 0 Å². The number of likely N-dealkylation sites (tertiary alicyclic amines) is 1. The predicted octanol–water partition coefficient (Wildman–Crippen LogP) is 2.03. The molecule has 1 aliphatic heterocycles. The van der Waals surface area contributed by atoms with Crippen molar-refractivity contribution < 1.29 is 9.59 Å². The fourth-order valence-corrected chi connectivity index (χ4v) is 2.20. The number of carbonyl (C=O) groups excluding carboxylic acids is 2. The van der Waals surface area contributed by atoms with Crippen LogP contribution in [-0.4, -0.2) is 29.7 Å². The van der Waals surface area contributed by atoms with Gasteiger partial charge in [-0.25, -0.2) is 0 Å². The summed E-state index contributed by atoms with van der Waals surface area (Å²) in [5, 5.41) is 9.07. The average Bonchev–Trinajstić information content (AvgIpc) is 3.01. The van der Waals surface area contributed by atoms with Crippen molar-refractivity contribution in [3.05, 3.63) is 42.0 Å². The molecule has 1 heterocycles. The van der Waals surface area contributed by atoms with Crippen LogP contribution in [0.2, 0.25) is 0 Å². The van der Waals surface area contributed by atoms with Gasteiger partial charge in [-0.05, 0) is 24.5 Å². The summed E-state index contributed by atoms with van der Waals surface area (Å²) in [6.07, 6.45) is 4.83. The Hall–Kier alpha value is -2.41. The molecule has 1 aromatic rings. The molecule has 1 aliphatic rings. The summed E-state index contributed by atoms with van der Waals surface area (Å²) < 4.78 is 0. The highest BCUT2D eigenvalue weighted by Gasteiger charge is 2.30. The number of nitriles is 1. The Bertz CT molecular complexity index is 552. The average molecular weight is 268 g/mol. The number of hydrogen-bond donors (Lipinski definition) is 0. The highest BCUT2D eigenvalue weighted by Crippen LogP contribution is 2.13. The van der Waals surface area contributed by atoms with Gasteiger partial charge < -0.3 is 4.90 Å². The van der Waals surface area contributed by atoms with Gasteiger partial charge in [-0.15, -0.1) is 0 Å². The second-order valence-corrected chi connectivity index (χ2v) is 4.74. The van der Waals surface area contributed by atoms with Gasteiger partial charge in [0.25, 0.3) is 0 Å². The van der Waals surface area contributed by atoms with Crippen LogP contribution in [0.1, 0.15) is 18.4 Å². The van der Waals surface area contributed by atoms with Crippen molar-refractivity contribution in [2.45, 2.75) is 12.8 Å². The van der Waals surface area contributed by atoms with Gasteiger partial charge >= 0.3 is 0 Å². The van der Waals surface area contributed by atoms with Crippen molar-refractivity contribution >= 4 is 17.8 Å². The van der Waals surface area contributed by atoms with E-state index in [4.69, 9.17) is 5.26 Å². The van der Waals surface area contributed by atoms with E-state index in [9.17, 15) is 9.59 Å². The molecule has 1 aromatic carbocycles. The van der Waals surface area contributed by atoms with Gasteiger partial charge in [0, 0.05) is 13.1 Å². The predicted molar refractivity (Wildman–Crippen MR) is 75.4 cm³/mol. The van der Waals surface area contributed by atoms with Crippen LogP contribution in [0.5, 0.6) is 0 Å². The zero-order valence-corrected chi connectivity index (χ0v) is 11.2. The van der Waals surface area contributed by atoms with Crippen LogP contribution in [-0.2, 0) is 9.59 Å². The molecule has 0 aliphatic carbocycles. The summed E-state index contributed by atoms with van der Waals surface area (Å²) in [6.45, 7) is 1.29. The summed E-state index contributed by atoms with van der Waals surface area (Å²) in [5.74, 6) is -2.03. The number of rotatable bonds is 4. The minimum Gasteiger partial charge on any atom is -0.341 e. The fraction of sp³-hybridized carbons (Fsp3) is 0.312. The highest BCUT2D eigenvalue weighted by atomic mass is 16.2. The molecule has 1 fully saturated rings. The van der Waals surface area contributed by atoms with E-state index in [2.05, 4.69) is 0 Å². The number of benzene rings is 1.